The molecule has 5 rings (SSSR count). The van der Waals surface area contributed by atoms with Gasteiger partial charge in [0.1, 0.15) is 16.9 Å². The van der Waals surface area contributed by atoms with E-state index in [4.69, 9.17) is 14.9 Å². The maximum absolute atomic E-state index is 12.7. The first-order chi connectivity index (χ1) is 16.3. The second-order valence-corrected chi connectivity index (χ2v) is 8.28. The highest BCUT2D eigenvalue weighted by Gasteiger charge is 2.40. The van der Waals surface area contributed by atoms with Crippen LogP contribution in [0.25, 0.3) is 11.0 Å². The lowest BCUT2D eigenvalue weighted by Crippen LogP contribution is -2.44. The van der Waals surface area contributed by atoms with Gasteiger partial charge in [-0.3, -0.25) is 15.1 Å². The number of nitrogens with two attached hydrogens (primary N) is 1. The Balaban J connectivity index is 1.39. The summed E-state index contributed by atoms with van der Waals surface area (Å²) in [5, 5.41) is 10.5. The predicted molar refractivity (Wildman–Crippen MR) is 122 cm³/mol. The lowest BCUT2D eigenvalue weighted by atomic mass is 9.89. The lowest BCUT2D eigenvalue weighted by molar-refractivity contribution is -0.0622. The second-order valence-electron chi connectivity index (χ2n) is 8.28. The van der Waals surface area contributed by atoms with Crippen molar-refractivity contribution in [1.82, 2.24) is 30.1 Å². The maximum Gasteiger partial charge on any atom is 0.322 e. The number of rotatable bonds is 3. The van der Waals surface area contributed by atoms with Crippen LogP contribution in [-0.2, 0) is 10.2 Å². The van der Waals surface area contributed by atoms with Gasteiger partial charge in [0, 0.05) is 18.0 Å². The number of carbonyl (C=O) groups excluding carboxylic acids is 1. The molecule has 1 amide bonds. The van der Waals surface area contributed by atoms with Crippen LogP contribution in [0.4, 0.5) is 11.8 Å². The number of carbonyl (C=O) groups is 1. The Labute approximate surface area is 194 Å². The molecule has 1 saturated heterocycles. The van der Waals surface area contributed by atoms with Gasteiger partial charge in [-0.25, -0.2) is 15.0 Å². The molecule has 0 aromatic carbocycles. The van der Waals surface area contributed by atoms with Crippen molar-refractivity contribution >= 4 is 28.8 Å². The monoisotopic (exact) mass is 456 g/mol. The van der Waals surface area contributed by atoms with Crippen molar-refractivity contribution in [2.75, 3.05) is 24.3 Å². The van der Waals surface area contributed by atoms with E-state index in [9.17, 15) is 4.79 Å². The van der Waals surface area contributed by atoms with Crippen LogP contribution < -0.4 is 11.1 Å². The van der Waals surface area contributed by atoms with Gasteiger partial charge in [-0.05, 0) is 26.8 Å². The number of fused-ring (bicyclic) bond motifs is 1. The topological polar surface area (TPSA) is 155 Å². The first-order valence-corrected chi connectivity index (χ1v) is 10.4. The molecule has 1 aliphatic heterocycles. The number of pyridine rings is 2. The van der Waals surface area contributed by atoms with Gasteiger partial charge in [-0.2, -0.15) is 0 Å². The summed E-state index contributed by atoms with van der Waals surface area (Å²) in [5.41, 5.74) is 9.75. The third-order valence-electron chi connectivity index (χ3n) is 5.49. The van der Waals surface area contributed by atoms with Crippen molar-refractivity contribution in [3.8, 4) is 11.8 Å². The van der Waals surface area contributed by atoms with Crippen LogP contribution in [0.5, 0.6) is 0 Å². The van der Waals surface area contributed by atoms with Crippen LogP contribution >= 0.6 is 0 Å². The zero-order chi connectivity index (χ0) is 23.9. The first kappa shape index (κ1) is 21.4. The summed E-state index contributed by atoms with van der Waals surface area (Å²) in [6, 6.07) is 1.60. The van der Waals surface area contributed by atoms with E-state index >= 15 is 0 Å². The largest absolute Gasteiger partial charge is 0.407 e. The molecule has 34 heavy (non-hydrogen) atoms. The van der Waals surface area contributed by atoms with Gasteiger partial charge in [-0.1, -0.05) is 16.9 Å². The van der Waals surface area contributed by atoms with E-state index < -0.39 is 5.91 Å². The molecule has 1 aliphatic rings. The molecule has 170 valence electrons. The Hall–Kier alpha value is -4.43. The minimum Gasteiger partial charge on any atom is -0.407 e. The molecule has 0 unspecified atom stereocenters. The second kappa shape index (κ2) is 8.17. The molecule has 0 aliphatic carbocycles. The third kappa shape index (κ3) is 3.91. The van der Waals surface area contributed by atoms with E-state index in [0.717, 1.165) is 11.4 Å². The summed E-state index contributed by atoms with van der Waals surface area (Å²) >= 11 is 0. The fourth-order valence-corrected chi connectivity index (χ4v) is 3.32. The van der Waals surface area contributed by atoms with Crippen LogP contribution in [-0.4, -0.2) is 49.3 Å². The number of nitrogen functional groups attached to an aromatic ring is 1. The summed E-state index contributed by atoms with van der Waals surface area (Å²) in [6.45, 7) is 6.69. The minimum atomic E-state index is -0.454. The van der Waals surface area contributed by atoms with Crippen molar-refractivity contribution < 1.29 is 13.9 Å². The van der Waals surface area contributed by atoms with E-state index in [1.807, 2.05) is 20.8 Å². The molecular formula is C23H20N8O3. The van der Waals surface area contributed by atoms with Gasteiger partial charge in [0.15, 0.2) is 0 Å². The van der Waals surface area contributed by atoms with E-state index in [2.05, 4.69) is 47.3 Å². The van der Waals surface area contributed by atoms with Gasteiger partial charge in [0.2, 0.25) is 5.89 Å². The van der Waals surface area contributed by atoms with Gasteiger partial charge in [0.05, 0.1) is 47.3 Å². The van der Waals surface area contributed by atoms with Gasteiger partial charge >= 0.3 is 6.01 Å². The SMILES string of the molecule is Cc1nc2cnc(N)c(C#Cc3cncc(C(=O)Nc4nnc(C5(C)COC5)o4)c3)c2nc1C. The van der Waals surface area contributed by atoms with Gasteiger partial charge < -0.3 is 14.9 Å². The number of ether oxygens (including phenoxy) is 1. The number of hydrogen-bond donors (Lipinski definition) is 2. The summed E-state index contributed by atoms with van der Waals surface area (Å²) in [6.07, 6.45) is 4.54. The van der Waals surface area contributed by atoms with E-state index in [1.165, 1.54) is 6.20 Å². The molecular weight excluding hydrogens is 436 g/mol. The van der Waals surface area contributed by atoms with Crippen LogP contribution in [0.3, 0.4) is 0 Å². The first-order valence-electron chi connectivity index (χ1n) is 10.4. The Morgan fingerprint density at radius 3 is 2.68 bits per heavy atom. The van der Waals surface area contributed by atoms with E-state index in [0.29, 0.717) is 41.3 Å². The molecule has 5 heterocycles. The van der Waals surface area contributed by atoms with Crippen molar-refractivity contribution in [2.45, 2.75) is 26.2 Å². The normalized spacial score (nSPS) is 14.2. The molecule has 0 atom stereocenters. The molecule has 0 radical (unpaired) electrons. The molecule has 0 bridgehead atoms. The zero-order valence-electron chi connectivity index (χ0n) is 18.7. The van der Waals surface area contributed by atoms with Crippen LogP contribution in [0, 0.1) is 25.7 Å². The number of aryl methyl sites for hydroxylation is 2. The molecule has 4 aromatic heterocycles. The van der Waals surface area contributed by atoms with Gasteiger partial charge in [-0.15, -0.1) is 5.10 Å². The quantitative estimate of drug-likeness (QED) is 0.437. The smallest absolute Gasteiger partial charge is 0.322 e. The third-order valence-corrected chi connectivity index (χ3v) is 5.49. The van der Waals surface area contributed by atoms with Crippen molar-refractivity contribution in [2.24, 2.45) is 0 Å². The molecule has 11 heteroatoms. The molecule has 11 nitrogen and oxygen atoms in total. The van der Waals surface area contributed by atoms with Crippen molar-refractivity contribution in [1.29, 1.82) is 0 Å². The average Bonchev–Trinajstić information content (AvgIpc) is 3.27. The maximum atomic E-state index is 12.7. The molecule has 4 aromatic rings. The number of hydrogen-bond acceptors (Lipinski definition) is 10. The summed E-state index contributed by atoms with van der Waals surface area (Å²) in [5.74, 6) is 6.20. The zero-order valence-corrected chi connectivity index (χ0v) is 18.7. The minimum absolute atomic E-state index is 0.00320. The Bertz CT molecular complexity index is 1500. The highest BCUT2D eigenvalue weighted by Crippen LogP contribution is 2.31. The van der Waals surface area contributed by atoms with Crippen molar-refractivity contribution in [3.05, 3.63) is 58.6 Å². The number of anilines is 2. The average molecular weight is 456 g/mol. The number of nitrogens with zero attached hydrogens (tertiary/aromatic N) is 6. The summed E-state index contributed by atoms with van der Waals surface area (Å²) in [7, 11) is 0. The van der Waals surface area contributed by atoms with Gasteiger partial charge in [0.25, 0.3) is 5.91 Å². The molecule has 0 saturated carbocycles. The Morgan fingerprint density at radius 2 is 1.91 bits per heavy atom. The molecule has 3 N–H and O–H groups in total. The summed E-state index contributed by atoms with van der Waals surface area (Å²) in [4.78, 5) is 30.0. The van der Waals surface area contributed by atoms with E-state index in [-0.39, 0.29) is 22.8 Å². The van der Waals surface area contributed by atoms with Crippen LogP contribution in [0.15, 0.2) is 29.1 Å². The molecule has 1 fully saturated rings. The number of amides is 1. The molecule has 0 spiro atoms. The Morgan fingerprint density at radius 1 is 1.12 bits per heavy atom. The highest BCUT2D eigenvalue weighted by molar-refractivity contribution is 6.03. The fraction of sp³-hybridized carbons (Fsp3) is 0.261. The summed E-state index contributed by atoms with van der Waals surface area (Å²) < 4.78 is 10.8. The lowest BCUT2D eigenvalue weighted by Gasteiger charge is -2.34. The van der Waals surface area contributed by atoms with Crippen molar-refractivity contribution in [3.63, 3.8) is 0 Å². The standard InChI is InChI=1S/C23H20N8O3/c1-12-13(2)28-18-16(19(24)26-9-17(18)27-12)5-4-14-6-15(8-25-7-14)20(32)29-22-31-30-21(34-22)23(3)10-33-11-23/h6-9H,10-11H2,1-3H3,(H2,24,26)(H,29,31,32). The fourth-order valence-electron chi connectivity index (χ4n) is 3.32. The van der Waals surface area contributed by atoms with Crippen LogP contribution in [0.1, 0.15) is 45.7 Å². The van der Waals surface area contributed by atoms with Crippen LogP contribution in [0.2, 0.25) is 0 Å². The number of nitrogens with one attached hydrogen (secondary N) is 1. The number of aromatic nitrogens is 6. The Kier molecular flexibility index (Phi) is 5.14. The predicted octanol–water partition coefficient (Wildman–Crippen LogP) is 1.94. The van der Waals surface area contributed by atoms with E-state index in [1.54, 1.807) is 18.5 Å². The highest BCUT2D eigenvalue weighted by atomic mass is 16.5.